The molecule has 18 heavy (non-hydrogen) atoms. The first kappa shape index (κ1) is 13.2. The molecule has 2 rings (SSSR count). The summed E-state index contributed by atoms with van der Waals surface area (Å²) in [5.74, 6) is 0. The number of benzene rings is 1. The van der Waals surface area contributed by atoms with E-state index in [1.165, 1.54) is 0 Å². The number of hydrogen-bond acceptors (Lipinski definition) is 2. The summed E-state index contributed by atoms with van der Waals surface area (Å²) in [5.41, 5.74) is 1.53. The van der Waals surface area contributed by atoms with Gasteiger partial charge in [-0.25, -0.2) is 4.79 Å². The predicted octanol–water partition coefficient (Wildman–Crippen LogP) is 2.52. The molecule has 1 aliphatic heterocycles. The number of halogens is 1. The second-order valence-electron chi connectivity index (χ2n) is 5.03. The van der Waals surface area contributed by atoms with Crippen molar-refractivity contribution in [1.82, 2.24) is 10.6 Å². The molecule has 1 saturated heterocycles. The fourth-order valence-corrected chi connectivity index (χ4v) is 2.21. The zero-order valence-corrected chi connectivity index (χ0v) is 11.4. The number of nitrogens with one attached hydrogen (secondary N) is 3. The van der Waals surface area contributed by atoms with E-state index in [9.17, 15) is 4.79 Å². The molecule has 1 aromatic carbocycles. The number of carbonyl (C=O) groups is 1. The van der Waals surface area contributed by atoms with Crippen molar-refractivity contribution >= 4 is 23.3 Å². The highest BCUT2D eigenvalue weighted by atomic mass is 35.5. The molecule has 1 unspecified atom stereocenters. The van der Waals surface area contributed by atoms with E-state index in [0.29, 0.717) is 10.7 Å². The number of hydrogen-bond donors (Lipinski definition) is 3. The van der Waals surface area contributed by atoms with Crippen molar-refractivity contribution in [2.75, 3.05) is 18.4 Å². The average Bonchev–Trinajstić information content (AvgIpc) is 2.70. The van der Waals surface area contributed by atoms with Crippen LogP contribution in [0.15, 0.2) is 18.2 Å². The second-order valence-corrected chi connectivity index (χ2v) is 5.44. The van der Waals surface area contributed by atoms with E-state index >= 15 is 0 Å². The minimum atomic E-state index is -0.193. The highest BCUT2D eigenvalue weighted by Crippen LogP contribution is 2.20. The van der Waals surface area contributed by atoms with E-state index in [4.69, 9.17) is 11.6 Å². The minimum Gasteiger partial charge on any atom is -0.331 e. The summed E-state index contributed by atoms with van der Waals surface area (Å²) < 4.78 is 0. The topological polar surface area (TPSA) is 53.2 Å². The third-order valence-electron chi connectivity index (χ3n) is 3.21. The fourth-order valence-electron chi connectivity index (χ4n) is 2.03. The van der Waals surface area contributed by atoms with Crippen LogP contribution in [0.25, 0.3) is 0 Å². The van der Waals surface area contributed by atoms with Gasteiger partial charge in [0.2, 0.25) is 0 Å². The lowest BCUT2D eigenvalue weighted by Gasteiger charge is -2.24. The van der Waals surface area contributed by atoms with Gasteiger partial charge >= 0.3 is 6.03 Å². The van der Waals surface area contributed by atoms with Crippen LogP contribution in [0.3, 0.4) is 0 Å². The number of anilines is 1. The lowest BCUT2D eigenvalue weighted by atomic mass is 10.0. The first-order valence-corrected chi connectivity index (χ1v) is 6.42. The van der Waals surface area contributed by atoms with E-state index in [0.717, 1.165) is 25.1 Å². The molecule has 1 aromatic rings. The maximum Gasteiger partial charge on any atom is 0.319 e. The Kier molecular flexibility index (Phi) is 3.78. The van der Waals surface area contributed by atoms with E-state index in [1.54, 1.807) is 6.07 Å². The van der Waals surface area contributed by atoms with Crippen molar-refractivity contribution in [3.63, 3.8) is 0 Å². The quantitative estimate of drug-likeness (QED) is 0.771. The molecular weight excluding hydrogens is 250 g/mol. The molecule has 1 fully saturated rings. The van der Waals surface area contributed by atoms with Crippen LogP contribution in [-0.4, -0.2) is 24.7 Å². The SMILES string of the molecule is Cc1ccc(NC(=O)NC2(C)CCNC2)cc1Cl. The van der Waals surface area contributed by atoms with Gasteiger partial charge in [0.25, 0.3) is 0 Å². The highest BCUT2D eigenvalue weighted by Gasteiger charge is 2.29. The van der Waals surface area contributed by atoms with E-state index < -0.39 is 0 Å². The molecular formula is C13H18ClN3O. The molecule has 1 heterocycles. The van der Waals surface area contributed by atoms with Crippen LogP contribution >= 0.6 is 11.6 Å². The van der Waals surface area contributed by atoms with Gasteiger partial charge < -0.3 is 16.0 Å². The summed E-state index contributed by atoms with van der Waals surface area (Å²) >= 11 is 6.01. The molecule has 1 atom stereocenters. The molecule has 98 valence electrons. The number of aryl methyl sites for hydroxylation is 1. The van der Waals surface area contributed by atoms with E-state index in [1.807, 2.05) is 26.0 Å². The Labute approximate surface area is 112 Å². The van der Waals surface area contributed by atoms with Gasteiger partial charge in [0, 0.05) is 17.3 Å². The third-order valence-corrected chi connectivity index (χ3v) is 3.62. The van der Waals surface area contributed by atoms with Crippen molar-refractivity contribution in [3.05, 3.63) is 28.8 Å². The molecule has 0 spiro atoms. The van der Waals surface area contributed by atoms with E-state index in [-0.39, 0.29) is 11.6 Å². The number of rotatable bonds is 2. The predicted molar refractivity (Wildman–Crippen MR) is 74.2 cm³/mol. The Morgan fingerprint density at radius 2 is 2.28 bits per heavy atom. The van der Waals surface area contributed by atoms with Crippen molar-refractivity contribution in [1.29, 1.82) is 0 Å². The van der Waals surface area contributed by atoms with Gasteiger partial charge in [-0.1, -0.05) is 17.7 Å². The zero-order chi connectivity index (χ0) is 13.2. The van der Waals surface area contributed by atoms with Gasteiger partial charge in [-0.2, -0.15) is 0 Å². The van der Waals surface area contributed by atoms with Crippen LogP contribution in [-0.2, 0) is 0 Å². The number of amides is 2. The maximum atomic E-state index is 11.9. The lowest BCUT2D eigenvalue weighted by molar-refractivity contribution is 0.241. The lowest BCUT2D eigenvalue weighted by Crippen LogP contribution is -2.49. The van der Waals surface area contributed by atoms with Gasteiger partial charge in [0.1, 0.15) is 0 Å². The molecule has 0 saturated carbocycles. The molecule has 0 bridgehead atoms. The molecule has 2 amide bonds. The molecule has 0 aromatic heterocycles. The van der Waals surface area contributed by atoms with Gasteiger partial charge in [-0.05, 0) is 44.5 Å². The first-order chi connectivity index (χ1) is 8.48. The van der Waals surface area contributed by atoms with Crippen molar-refractivity contribution in [2.24, 2.45) is 0 Å². The Bertz CT molecular complexity index is 456. The van der Waals surface area contributed by atoms with Gasteiger partial charge in [0.15, 0.2) is 0 Å². The molecule has 1 aliphatic rings. The van der Waals surface area contributed by atoms with Crippen LogP contribution in [0.1, 0.15) is 18.9 Å². The first-order valence-electron chi connectivity index (χ1n) is 6.05. The van der Waals surface area contributed by atoms with Gasteiger partial charge in [0.05, 0.1) is 5.54 Å². The maximum absolute atomic E-state index is 11.9. The van der Waals surface area contributed by atoms with Crippen molar-refractivity contribution in [3.8, 4) is 0 Å². The largest absolute Gasteiger partial charge is 0.331 e. The Hall–Kier alpha value is -1.26. The summed E-state index contributed by atoms with van der Waals surface area (Å²) in [7, 11) is 0. The normalized spacial score (nSPS) is 22.8. The highest BCUT2D eigenvalue weighted by molar-refractivity contribution is 6.31. The average molecular weight is 268 g/mol. The zero-order valence-electron chi connectivity index (χ0n) is 10.6. The summed E-state index contributed by atoms with van der Waals surface area (Å²) in [5, 5.41) is 9.67. The van der Waals surface area contributed by atoms with Crippen LogP contribution in [0.4, 0.5) is 10.5 Å². The van der Waals surface area contributed by atoms with E-state index in [2.05, 4.69) is 16.0 Å². The Balaban J connectivity index is 1.96. The minimum absolute atomic E-state index is 0.168. The summed E-state index contributed by atoms with van der Waals surface area (Å²) in [4.78, 5) is 11.9. The van der Waals surface area contributed by atoms with Crippen molar-refractivity contribution < 1.29 is 4.79 Å². The number of carbonyl (C=O) groups excluding carboxylic acids is 1. The molecule has 4 nitrogen and oxygen atoms in total. The van der Waals surface area contributed by atoms with Crippen LogP contribution in [0.2, 0.25) is 5.02 Å². The summed E-state index contributed by atoms with van der Waals surface area (Å²) in [6, 6.07) is 5.29. The van der Waals surface area contributed by atoms with Crippen LogP contribution < -0.4 is 16.0 Å². The molecule has 5 heteroatoms. The second kappa shape index (κ2) is 5.16. The van der Waals surface area contributed by atoms with Crippen LogP contribution in [0, 0.1) is 6.92 Å². The van der Waals surface area contributed by atoms with Gasteiger partial charge in [-0.3, -0.25) is 0 Å². The summed E-state index contributed by atoms with van der Waals surface area (Å²) in [6.07, 6.45) is 0.940. The third kappa shape index (κ3) is 3.15. The monoisotopic (exact) mass is 267 g/mol. The summed E-state index contributed by atoms with van der Waals surface area (Å²) in [6.45, 7) is 5.70. The smallest absolute Gasteiger partial charge is 0.319 e. The van der Waals surface area contributed by atoms with Crippen molar-refractivity contribution in [2.45, 2.75) is 25.8 Å². The molecule has 0 radical (unpaired) electrons. The molecule has 3 N–H and O–H groups in total. The van der Waals surface area contributed by atoms with Gasteiger partial charge in [-0.15, -0.1) is 0 Å². The Morgan fingerprint density at radius 1 is 1.50 bits per heavy atom. The molecule has 0 aliphatic carbocycles. The fraction of sp³-hybridized carbons (Fsp3) is 0.462. The number of urea groups is 1. The van der Waals surface area contributed by atoms with Crippen LogP contribution in [0.5, 0.6) is 0 Å². The Morgan fingerprint density at radius 3 is 2.89 bits per heavy atom. The standard InChI is InChI=1S/C13H18ClN3O/c1-9-3-4-10(7-11(9)14)16-12(18)17-13(2)5-6-15-8-13/h3-4,7,15H,5-6,8H2,1-2H3,(H2,16,17,18).